The molecular formula is C10H20F2N2O2. The van der Waals surface area contributed by atoms with Crippen LogP contribution in [0.1, 0.15) is 26.2 Å². The van der Waals surface area contributed by atoms with Crippen molar-refractivity contribution in [2.75, 3.05) is 19.8 Å². The number of nitrogens with two attached hydrogens (primary N) is 1. The Labute approximate surface area is 94.5 Å². The number of rotatable bonds is 9. The molecule has 1 amide bonds. The fraction of sp³-hybridized carbons (Fsp3) is 0.900. The molecular weight excluding hydrogens is 218 g/mol. The summed E-state index contributed by atoms with van der Waals surface area (Å²) in [7, 11) is 0. The number of amides is 1. The van der Waals surface area contributed by atoms with Crippen molar-refractivity contribution in [2.24, 2.45) is 5.73 Å². The number of hydrogen-bond donors (Lipinski definition) is 2. The smallest absolute Gasteiger partial charge is 0.261 e. The fourth-order valence-corrected chi connectivity index (χ4v) is 1.11. The molecule has 0 aromatic rings. The minimum absolute atomic E-state index is 0.0799. The van der Waals surface area contributed by atoms with Crippen molar-refractivity contribution in [1.29, 1.82) is 0 Å². The van der Waals surface area contributed by atoms with Gasteiger partial charge in [-0.25, -0.2) is 8.78 Å². The molecule has 6 heteroatoms. The van der Waals surface area contributed by atoms with Gasteiger partial charge in [0.15, 0.2) is 0 Å². The molecule has 0 aromatic carbocycles. The second-order valence-electron chi connectivity index (χ2n) is 3.51. The second kappa shape index (κ2) is 9.47. The average molecular weight is 238 g/mol. The van der Waals surface area contributed by atoms with Gasteiger partial charge in [-0.3, -0.25) is 4.79 Å². The van der Waals surface area contributed by atoms with Crippen LogP contribution in [0.4, 0.5) is 8.78 Å². The van der Waals surface area contributed by atoms with Gasteiger partial charge in [0.2, 0.25) is 5.91 Å². The molecule has 0 spiro atoms. The number of nitrogens with one attached hydrogen (secondary N) is 1. The lowest BCUT2D eigenvalue weighted by atomic mass is 10.1. The van der Waals surface area contributed by atoms with Gasteiger partial charge < -0.3 is 15.8 Å². The van der Waals surface area contributed by atoms with Gasteiger partial charge in [0.25, 0.3) is 6.43 Å². The highest BCUT2D eigenvalue weighted by atomic mass is 19.3. The maximum absolute atomic E-state index is 11.7. The molecule has 0 rings (SSSR count). The third-order valence-corrected chi connectivity index (χ3v) is 1.99. The number of ether oxygens (including phenoxy) is 1. The summed E-state index contributed by atoms with van der Waals surface area (Å²) >= 11 is 0. The minimum atomic E-state index is -2.47. The number of carbonyl (C=O) groups is 1. The van der Waals surface area contributed by atoms with Crippen molar-refractivity contribution < 1.29 is 18.3 Å². The van der Waals surface area contributed by atoms with Crippen LogP contribution in [0.3, 0.4) is 0 Å². The molecule has 0 aliphatic carbocycles. The van der Waals surface area contributed by atoms with Crippen molar-refractivity contribution in [2.45, 2.75) is 38.7 Å². The lowest BCUT2D eigenvalue weighted by molar-refractivity contribution is -0.122. The quantitative estimate of drug-likeness (QED) is 0.587. The molecule has 0 bridgehead atoms. The van der Waals surface area contributed by atoms with E-state index in [-0.39, 0.29) is 19.1 Å². The molecule has 0 saturated carbocycles. The number of halogens is 2. The van der Waals surface area contributed by atoms with Gasteiger partial charge in [0.1, 0.15) is 6.61 Å². The second-order valence-corrected chi connectivity index (χ2v) is 3.51. The first-order valence-corrected chi connectivity index (χ1v) is 5.47. The Balaban J connectivity index is 3.42. The topological polar surface area (TPSA) is 64.4 Å². The number of unbranched alkanes of at least 4 members (excludes halogenated alkanes) is 1. The molecule has 96 valence electrons. The highest BCUT2D eigenvalue weighted by Crippen LogP contribution is 1.97. The van der Waals surface area contributed by atoms with E-state index in [1.807, 2.05) is 6.92 Å². The third kappa shape index (κ3) is 8.55. The molecule has 0 heterocycles. The van der Waals surface area contributed by atoms with E-state index in [1.54, 1.807) is 0 Å². The lowest BCUT2D eigenvalue weighted by Gasteiger charge is -2.11. The average Bonchev–Trinajstić information content (AvgIpc) is 2.24. The van der Waals surface area contributed by atoms with Crippen molar-refractivity contribution in [3.05, 3.63) is 0 Å². The van der Waals surface area contributed by atoms with Crippen LogP contribution in [-0.2, 0) is 9.53 Å². The standard InChI is InChI=1S/C10H20F2N2O2/c1-2-3-4-8(13)10(15)14-5-6-16-7-9(11)12/h8-9H,2-7,13H2,1H3,(H,14,15)/t8-/m0/s1. The van der Waals surface area contributed by atoms with Crippen LogP contribution in [0.25, 0.3) is 0 Å². The van der Waals surface area contributed by atoms with Gasteiger partial charge in [-0.15, -0.1) is 0 Å². The predicted molar refractivity (Wildman–Crippen MR) is 57.3 cm³/mol. The van der Waals surface area contributed by atoms with Gasteiger partial charge in [-0.1, -0.05) is 19.8 Å². The molecule has 0 unspecified atom stereocenters. The van der Waals surface area contributed by atoms with Crippen molar-refractivity contribution in [1.82, 2.24) is 5.32 Å². The first-order valence-electron chi connectivity index (χ1n) is 5.47. The van der Waals surface area contributed by atoms with E-state index in [0.717, 1.165) is 12.8 Å². The SMILES string of the molecule is CCCC[C@H](N)C(=O)NCCOCC(F)F. The predicted octanol–water partition coefficient (Wildman–Crippen LogP) is 0.902. The van der Waals surface area contributed by atoms with Gasteiger partial charge in [0, 0.05) is 6.54 Å². The Bertz CT molecular complexity index is 192. The Hall–Kier alpha value is -0.750. The third-order valence-electron chi connectivity index (χ3n) is 1.99. The van der Waals surface area contributed by atoms with Crippen LogP contribution in [0.15, 0.2) is 0 Å². The maximum Gasteiger partial charge on any atom is 0.261 e. The Morgan fingerprint density at radius 2 is 2.19 bits per heavy atom. The largest absolute Gasteiger partial charge is 0.374 e. The van der Waals surface area contributed by atoms with E-state index in [4.69, 9.17) is 5.73 Å². The Morgan fingerprint density at radius 1 is 1.50 bits per heavy atom. The Morgan fingerprint density at radius 3 is 2.75 bits per heavy atom. The van der Waals surface area contributed by atoms with Crippen LogP contribution in [0.2, 0.25) is 0 Å². The molecule has 3 N–H and O–H groups in total. The van der Waals surface area contributed by atoms with E-state index in [2.05, 4.69) is 10.1 Å². The summed E-state index contributed by atoms with van der Waals surface area (Å²) in [5, 5.41) is 2.53. The van der Waals surface area contributed by atoms with Crippen LogP contribution in [0, 0.1) is 0 Å². The first-order chi connectivity index (χ1) is 7.57. The fourth-order valence-electron chi connectivity index (χ4n) is 1.11. The molecule has 16 heavy (non-hydrogen) atoms. The van der Waals surface area contributed by atoms with E-state index < -0.39 is 19.1 Å². The zero-order chi connectivity index (χ0) is 12.4. The zero-order valence-corrected chi connectivity index (χ0v) is 9.55. The maximum atomic E-state index is 11.7. The normalized spacial score (nSPS) is 12.8. The molecule has 4 nitrogen and oxygen atoms in total. The zero-order valence-electron chi connectivity index (χ0n) is 9.55. The van der Waals surface area contributed by atoms with Crippen LogP contribution >= 0.6 is 0 Å². The van der Waals surface area contributed by atoms with Crippen molar-refractivity contribution in [3.8, 4) is 0 Å². The highest BCUT2D eigenvalue weighted by Gasteiger charge is 2.11. The summed E-state index contributed by atoms with van der Waals surface area (Å²) in [5.41, 5.74) is 5.59. The summed E-state index contributed by atoms with van der Waals surface area (Å²) in [4.78, 5) is 11.3. The minimum Gasteiger partial charge on any atom is -0.374 e. The highest BCUT2D eigenvalue weighted by molar-refractivity contribution is 5.81. The molecule has 0 fully saturated rings. The summed E-state index contributed by atoms with van der Waals surface area (Å²) in [6.07, 6.45) is 0.0531. The molecule has 0 aliphatic rings. The van der Waals surface area contributed by atoms with Crippen molar-refractivity contribution in [3.63, 3.8) is 0 Å². The van der Waals surface area contributed by atoms with Crippen LogP contribution < -0.4 is 11.1 Å². The van der Waals surface area contributed by atoms with Gasteiger partial charge in [-0.2, -0.15) is 0 Å². The molecule has 0 radical (unpaired) electrons. The summed E-state index contributed by atoms with van der Waals surface area (Å²) in [5.74, 6) is -0.255. The van der Waals surface area contributed by atoms with Crippen LogP contribution in [0.5, 0.6) is 0 Å². The first kappa shape index (κ1) is 15.2. The van der Waals surface area contributed by atoms with Gasteiger partial charge >= 0.3 is 0 Å². The van der Waals surface area contributed by atoms with Gasteiger partial charge in [0.05, 0.1) is 12.6 Å². The van der Waals surface area contributed by atoms with E-state index in [9.17, 15) is 13.6 Å². The van der Waals surface area contributed by atoms with E-state index in [1.165, 1.54) is 0 Å². The molecule has 0 saturated heterocycles. The monoisotopic (exact) mass is 238 g/mol. The molecule has 0 aromatic heterocycles. The summed E-state index contributed by atoms with van der Waals surface area (Å²) in [6.45, 7) is 1.71. The number of hydrogen-bond acceptors (Lipinski definition) is 3. The Kier molecular flexibility index (Phi) is 9.03. The summed E-state index contributed by atoms with van der Waals surface area (Å²) in [6, 6.07) is -0.518. The lowest BCUT2D eigenvalue weighted by Crippen LogP contribution is -2.41. The van der Waals surface area contributed by atoms with E-state index >= 15 is 0 Å². The summed E-state index contributed by atoms with van der Waals surface area (Å²) < 4.78 is 27.9. The van der Waals surface area contributed by atoms with E-state index in [0.29, 0.717) is 6.42 Å². The van der Waals surface area contributed by atoms with Crippen molar-refractivity contribution >= 4 is 5.91 Å². The number of carbonyl (C=O) groups excluding carboxylic acids is 1. The van der Waals surface area contributed by atoms with Gasteiger partial charge in [-0.05, 0) is 6.42 Å². The molecule has 1 atom stereocenters. The molecule has 0 aliphatic heterocycles. The van der Waals surface area contributed by atoms with Crippen LogP contribution in [-0.4, -0.2) is 38.1 Å². The number of alkyl halides is 2.